The molecule has 4 aromatic rings. The number of hydrogen-bond acceptors (Lipinski definition) is 4. The topological polar surface area (TPSA) is 38.9 Å². The Hall–Kier alpha value is -2.92. The van der Waals surface area contributed by atoms with Crippen LogP contribution in [0.3, 0.4) is 0 Å². The Labute approximate surface area is 175 Å². The molecule has 5 heteroatoms. The summed E-state index contributed by atoms with van der Waals surface area (Å²) in [5.74, 6) is 0. The maximum absolute atomic E-state index is 5.59. The molecule has 0 fully saturated rings. The van der Waals surface area contributed by atoms with Gasteiger partial charge in [-0.3, -0.25) is 4.40 Å². The molecule has 0 amide bonds. The summed E-state index contributed by atoms with van der Waals surface area (Å²) in [7, 11) is 0. The first kappa shape index (κ1) is 19.4. The first-order valence-electron chi connectivity index (χ1n) is 9.69. The van der Waals surface area contributed by atoms with E-state index < -0.39 is 0 Å². The fraction of sp³-hybridized carbons (Fsp3) is 0.250. The SMILES string of the molecule is Cc1ccc(-c2nc3sccn3c2C=NOCc2ccc(C(C)(C)C)cc2)cc1. The van der Waals surface area contributed by atoms with Crippen LogP contribution in [0.4, 0.5) is 0 Å². The molecule has 2 heterocycles. The Morgan fingerprint density at radius 3 is 2.48 bits per heavy atom. The number of rotatable bonds is 5. The highest BCUT2D eigenvalue weighted by Crippen LogP contribution is 2.26. The third-order valence-corrected chi connectivity index (χ3v) is 5.68. The van der Waals surface area contributed by atoms with Gasteiger partial charge in [0, 0.05) is 17.1 Å². The van der Waals surface area contributed by atoms with Gasteiger partial charge >= 0.3 is 0 Å². The summed E-state index contributed by atoms with van der Waals surface area (Å²) in [6.07, 6.45) is 3.77. The van der Waals surface area contributed by atoms with Crippen molar-refractivity contribution < 1.29 is 4.84 Å². The first-order valence-corrected chi connectivity index (χ1v) is 10.6. The maximum atomic E-state index is 5.59. The van der Waals surface area contributed by atoms with E-state index in [2.05, 4.69) is 81.4 Å². The van der Waals surface area contributed by atoms with Crippen molar-refractivity contribution >= 4 is 22.5 Å². The van der Waals surface area contributed by atoms with Crippen molar-refractivity contribution in [3.05, 3.63) is 82.5 Å². The van der Waals surface area contributed by atoms with Crippen LogP contribution >= 0.6 is 11.3 Å². The Morgan fingerprint density at radius 2 is 1.79 bits per heavy atom. The molecular weight excluding hydrogens is 378 g/mol. The van der Waals surface area contributed by atoms with Gasteiger partial charge in [0.15, 0.2) is 4.96 Å². The molecule has 0 atom stereocenters. The molecule has 0 spiro atoms. The molecule has 4 rings (SSSR count). The van der Waals surface area contributed by atoms with Gasteiger partial charge in [0.1, 0.15) is 6.61 Å². The summed E-state index contributed by atoms with van der Waals surface area (Å²) < 4.78 is 2.05. The summed E-state index contributed by atoms with van der Waals surface area (Å²) >= 11 is 1.61. The van der Waals surface area contributed by atoms with Gasteiger partial charge in [-0.1, -0.05) is 80.0 Å². The fourth-order valence-electron chi connectivity index (χ4n) is 3.15. The van der Waals surface area contributed by atoms with Gasteiger partial charge < -0.3 is 4.84 Å². The average molecular weight is 404 g/mol. The minimum Gasteiger partial charge on any atom is -0.391 e. The van der Waals surface area contributed by atoms with Crippen LogP contribution in [0.25, 0.3) is 16.2 Å². The molecule has 0 bridgehead atoms. The van der Waals surface area contributed by atoms with Gasteiger partial charge in [-0.2, -0.15) is 0 Å². The number of thiazole rings is 1. The lowest BCUT2D eigenvalue weighted by molar-refractivity contribution is 0.132. The zero-order chi connectivity index (χ0) is 20.4. The summed E-state index contributed by atoms with van der Waals surface area (Å²) in [5, 5.41) is 6.26. The molecule has 0 saturated carbocycles. The van der Waals surface area contributed by atoms with Crippen LogP contribution in [0, 0.1) is 6.92 Å². The van der Waals surface area contributed by atoms with E-state index in [0.29, 0.717) is 6.61 Å². The van der Waals surface area contributed by atoms with E-state index in [1.165, 1.54) is 11.1 Å². The number of benzene rings is 2. The number of aryl methyl sites for hydroxylation is 1. The van der Waals surface area contributed by atoms with Crippen molar-refractivity contribution in [1.29, 1.82) is 0 Å². The second-order valence-corrected chi connectivity index (χ2v) is 9.10. The third-order valence-electron chi connectivity index (χ3n) is 4.92. The lowest BCUT2D eigenvalue weighted by atomic mass is 9.87. The van der Waals surface area contributed by atoms with Crippen LogP contribution in [0.1, 0.15) is 43.2 Å². The highest BCUT2D eigenvalue weighted by atomic mass is 32.1. The Bertz CT molecular complexity index is 1130. The van der Waals surface area contributed by atoms with Gasteiger partial charge in [0.2, 0.25) is 0 Å². The smallest absolute Gasteiger partial charge is 0.194 e. The summed E-state index contributed by atoms with van der Waals surface area (Å²) in [6.45, 7) is 9.16. The number of aromatic nitrogens is 2. The predicted octanol–water partition coefficient (Wildman–Crippen LogP) is 6.22. The number of hydrogen-bond donors (Lipinski definition) is 0. The van der Waals surface area contributed by atoms with E-state index in [-0.39, 0.29) is 5.41 Å². The number of nitrogens with zero attached hydrogens (tertiary/aromatic N) is 3. The molecule has 2 aromatic heterocycles. The fourth-order valence-corrected chi connectivity index (χ4v) is 3.87. The molecule has 0 aliphatic carbocycles. The van der Waals surface area contributed by atoms with Crippen LogP contribution in [-0.4, -0.2) is 15.6 Å². The standard InChI is InChI=1S/C24H25N3OS/c1-17-5-9-19(10-6-17)22-21(27-13-14-29-23(27)26-22)15-25-28-16-18-7-11-20(12-8-18)24(2,3)4/h5-15H,16H2,1-4H3. The minimum atomic E-state index is 0.151. The molecule has 2 aromatic carbocycles. The highest BCUT2D eigenvalue weighted by Gasteiger charge is 2.14. The number of fused-ring (bicyclic) bond motifs is 1. The molecule has 0 aliphatic rings. The molecule has 4 nitrogen and oxygen atoms in total. The maximum Gasteiger partial charge on any atom is 0.194 e. The van der Waals surface area contributed by atoms with Crippen molar-refractivity contribution in [2.24, 2.45) is 5.16 Å². The Balaban J connectivity index is 1.51. The van der Waals surface area contributed by atoms with Crippen LogP contribution in [0.5, 0.6) is 0 Å². The molecule has 148 valence electrons. The van der Waals surface area contributed by atoms with Crippen LogP contribution in [-0.2, 0) is 16.9 Å². The second kappa shape index (κ2) is 7.84. The average Bonchev–Trinajstić information content (AvgIpc) is 3.27. The normalized spacial score (nSPS) is 12.1. The van der Waals surface area contributed by atoms with Crippen molar-refractivity contribution in [2.75, 3.05) is 0 Å². The van der Waals surface area contributed by atoms with Crippen LogP contribution in [0.15, 0.2) is 65.3 Å². The molecule has 0 aliphatic heterocycles. The van der Waals surface area contributed by atoms with Gasteiger partial charge in [0.05, 0.1) is 17.6 Å². The van der Waals surface area contributed by atoms with Gasteiger partial charge in [-0.25, -0.2) is 4.98 Å². The molecule has 29 heavy (non-hydrogen) atoms. The van der Waals surface area contributed by atoms with Gasteiger partial charge in [0.25, 0.3) is 0 Å². The molecule has 0 radical (unpaired) electrons. The summed E-state index contributed by atoms with van der Waals surface area (Å²) in [6, 6.07) is 16.9. The monoisotopic (exact) mass is 403 g/mol. The summed E-state index contributed by atoms with van der Waals surface area (Å²) in [4.78, 5) is 11.3. The van der Waals surface area contributed by atoms with Crippen molar-refractivity contribution in [1.82, 2.24) is 9.38 Å². The van der Waals surface area contributed by atoms with Crippen LogP contribution in [0.2, 0.25) is 0 Å². The lowest BCUT2D eigenvalue weighted by Gasteiger charge is -2.18. The van der Waals surface area contributed by atoms with E-state index in [9.17, 15) is 0 Å². The zero-order valence-electron chi connectivity index (χ0n) is 17.2. The van der Waals surface area contributed by atoms with E-state index in [0.717, 1.165) is 27.5 Å². The summed E-state index contributed by atoms with van der Waals surface area (Å²) in [5.41, 5.74) is 6.70. The van der Waals surface area contributed by atoms with Gasteiger partial charge in [-0.05, 0) is 23.5 Å². The Morgan fingerprint density at radius 1 is 1.07 bits per heavy atom. The van der Waals surface area contributed by atoms with Crippen molar-refractivity contribution in [2.45, 2.75) is 39.7 Å². The molecule has 0 unspecified atom stereocenters. The molecule has 0 saturated heterocycles. The van der Waals surface area contributed by atoms with E-state index in [4.69, 9.17) is 9.82 Å². The number of imidazole rings is 1. The largest absolute Gasteiger partial charge is 0.391 e. The van der Waals surface area contributed by atoms with E-state index in [1.54, 1.807) is 17.6 Å². The first-order chi connectivity index (χ1) is 13.9. The molecular formula is C24H25N3OS. The second-order valence-electron chi connectivity index (χ2n) is 8.22. The van der Waals surface area contributed by atoms with E-state index >= 15 is 0 Å². The lowest BCUT2D eigenvalue weighted by Crippen LogP contribution is -2.10. The van der Waals surface area contributed by atoms with Crippen molar-refractivity contribution in [3.63, 3.8) is 0 Å². The van der Waals surface area contributed by atoms with Crippen molar-refractivity contribution in [3.8, 4) is 11.3 Å². The molecule has 0 N–H and O–H groups in total. The Kier molecular flexibility index (Phi) is 5.24. The van der Waals surface area contributed by atoms with Crippen LogP contribution < -0.4 is 0 Å². The predicted molar refractivity (Wildman–Crippen MR) is 121 cm³/mol. The quantitative estimate of drug-likeness (QED) is 0.293. The third kappa shape index (κ3) is 4.25. The zero-order valence-corrected chi connectivity index (χ0v) is 18.0. The van der Waals surface area contributed by atoms with Gasteiger partial charge in [-0.15, -0.1) is 11.3 Å². The number of oxime groups is 1. The van der Waals surface area contributed by atoms with E-state index in [1.807, 2.05) is 16.0 Å². The highest BCUT2D eigenvalue weighted by molar-refractivity contribution is 7.15. The minimum absolute atomic E-state index is 0.151.